The first-order valence-electron chi connectivity index (χ1n) is 6.50. The summed E-state index contributed by atoms with van der Waals surface area (Å²) in [6.45, 7) is 0. The van der Waals surface area contributed by atoms with Crippen LogP contribution in [0.3, 0.4) is 0 Å². The van der Waals surface area contributed by atoms with E-state index in [9.17, 15) is 0 Å². The molecule has 0 aliphatic carbocycles. The number of fused-ring (bicyclic) bond motifs is 2. The van der Waals surface area contributed by atoms with Crippen LogP contribution >= 0.6 is 11.6 Å². The molecule has 4 aromatic rings. The van der Waals surface area contributed by atoms with E-state index in [-0.39, 0.29) is 0 Å². The minimum atomic E-state index is 0.434. The van der Waals surface area contributed by atoms with Crippen molar-refractivity contribution in [2.45, 2.75) is 0 Å². The van der Waals surface area contributed by atoms with Gasteiger partial charge in [-0.15, -0.1) is 0 Å². The van der Waals surface area contributed by atoms with Crippen molar-refractivity contribution in [3.05, 3.63) is 59.9 Å². The molecule has 2 aromatic heterocycles. The molecular weight excluding hydrogens is 284 g/mol. The van der Waals surface area contributed by atoms with Gasteiger partial charge in [-0.1, -0.05) is 23.7 Å². The fourth-order valence-corrected chi connectivity index (χ4v) is 2.78. The molecule has 0 aliphatic heterocycles. The Morgan fingerprint density at radius 2 is 2.00 bits per heavy atom. The van der Waals surface area contributed by atoms with E-state index in [1.165, 1.54) is 0 Å². The van der Waals surface area contributed by atoms with Crippen LogP contribution in [0.2, 0.25) is 5.02 Å². The van der Waals surface area contributed by atoms with Crippen molar-refractivity contribution < 1.29 is 0 Å². The van der Waals surface area contributed by atoms with Gasteiger partial charge in [-0.3, -0.25) is 9.55 Å². The number of pyridine rings is 1. The fourth-order valence-electron chi connectivity index (χ4n) is 2.62. The lowest BCUT2D eigenvalue weighted by atomic mass is 10.1. The molecule has 2 heterocycles. The maximum atomic E-state index is 6.11. The number of halogens is 1. The average molecular weight is 295 g/mol. The number of nitrogens with two attached hydrogens (primary N) is 1. The average Bonchev–Trinajstić information content (AvgIpc) is 2.81. The van der Waals surface area contributed by atoms with E-state index in [4.69, 9.17) is 17.3 Å². The van der Waals surface area contributed by atoms with Crippen LogP contribution in [-0.4, -0.2) is 14.5 Å². The van der Waals surface area contributed by atoms with E-state index < -0.39 is 0 Å². The number of imidazole rings is 1. The predicted octanol–water partition coefficient (Wildman–Crippen LogP) is 3.81. The van der Waals surface area contributed by atoms with Crippen LogP contribution < -0.4 is 5.73 Å². The molecule has 102 valence electrons. The molecule has 4 nitrogen and oxygen atoms in total. The minimum Gasteiger partial charge on any atom is -0.369 e. The summed E-state index contributed by atoms with van der Waals surface area (Å²) in [5, 5.41) is 2.78. The Hall–Kier alpha value is -2.59. The maximum absolute atomic E-state index is 6.11. The molecule has 2 N–H and O–H groups in total. The van der Waals surface area contributed by atoms with Gasteiger partial charge < -0.3 is 5.73 Å². The van der Waals surface area contributed by atoms with Crippen LogP contribution in [-0.2, 0) is 0 Å². The van der Waals surface area contributed by atoms with Crippen molar-refractivity contribution in [3.8, 4) is 5.69 Å². The van der Waals surface area contributed by atoms with Crippen LogP contribution in [0, 0.1) is 0 Å². The summed E-state index contributed by atoms with van der Waals surface area (Å²) in [5.74, 6) is 0.434. The number of hydrogen-bond acceptors (Lipinski definition) is 3. The van der Waals surface area contributed by atoms with Crippen molar-refractivity contribution in [2.75, 3.05) is 5.73 Å². The van der Waals surface area contributed by atoms with E-state index in [0.29, 0.717) is 11.0 Å². The Morgan fingerprint density at radius 3 is 2.90 bits per heavy atom. The van der Waals surface area contributed by atoms with Gasteiger partial charge in [-0.05, 0) is 35.7 Å². The van der Waals surface area contributed by atoms with Crippen LogP contribution in [0.1, 0.15) is 0 Å². The zero-order valence-electron chi connectivity index (χ0n) is 11.0. The molecule has 5 heteroatoms. The van der Waals surface area contributed by atoms with Crippen LogP contribution in [0.15, 0.2) is 54.9 Å². The summed E-state index contributed by atoms with van der Waals surface area (Å²) < 4.78 is 1.93. The maximum Gasteiger partial charge on any atom is 0.205 e. The lowest BCUT2D eigenvalue weighted by Crippen LogP contribution is -2.01. The topological polar surface area (TPSA) is 56.7 Å². The molecule has 21 heavy (non-hydrogen) atoms. The van der Waals surface area contributed by atoms with Gasteiger partial charge in [-0.2, -0.15) is 0 Å². The third kappa shape index (κ3) is 1.84. The molecule has 0 unspecified atom stereocenters. The third-order valence-corrected chi connectivity index (χ3v) is 3.78. The van der Waals surface area contributed by atoms with Crippen molar-refractivity contribution in [2.24, 2.45) is 0 Å². The first-order chi connectivity index (χ1) is 10.2. The smallest absolute Gasteiger partial charge is 0.205 e. The number of aromatic nitrogens is 3. The Bertz CT molecular complexity index is 969. The highest BCUT2D eigenvalue weighted by molar-refractivity contribution is 6.31. The van der Waals surface area contributed by atoms with Gasteiger partial charge in [0.15, 0.2) is 0 Å². The zero-order valence-corrected chi connectivity index (χ0v) is 11.7. The Morgan fingerprint density at radius 1 is 1.10 bits per heavy atom. The molecular formula is C16H11ClN4. The van der Waals surface area contributed by atoms with Crippen LogP contribution in [0.4, 0.5) is 5.95 Å². The second-order valence-electron chi connectivity index (χ2n) is 4.81. The summed E-state index contributed by atoms with van der Waals surface area (Å²) in [6.07, 6.45) is 3.62. The quantitative estimate of drug-likeness (QED) is 0.581. The SMILES string of the molecule is Nc1nc2cc(Cl)ccc2n1-c1cccc2ccncc12. The fraction of sp³-hybridized carbons (Fsp3) is 0. The van der Waals surface area contributed by atoms with Crippen LogP contribution in [0.25, 0.3) is 27.5 Å². The highest BCUT2D eigenvalue weighted by Crippen LogP contribution is 2.29. The summed E-state index contributed by atoms with van der Waals surface area (Å²) in [7, 11) is 0. The summed E-state index contributed by atoms with van der Waals surface area (Å²) in [4.78, 5) is 8.60. The number of rotatable bonds is 1. The Kier molecular flexibility index (Phi) is 2.59. The molecule has 0 saturated heterocycles. The Labute approximate surface area is 125 Å². The van der Waals surface area contributed by atoms with Gasteiger partial charge in [0, 0.05) is 22.8 Å². The monoisotopic (exact) mass is 294 g/mol. The van der Waals surface area contributed by atoms with Crippen molar-refractivity contribution in [3.63, 3.8) is 0 Å². The lowest BCUT2D eigenvalue weighted by molar-refractivity contribution is 1.12. The molecule has 0 bridgehead atoms. The standard InChI is InChI=1S/C16H11ClN4/c17-11-4-5-15-13(8-11)20-16(18)21(15)14-3-1-2-10-6-7-19-9-12(10)14/h1-9H,(H2,18,20). The molecule has 0 spiro atoms. The highest BCUT2D eigenvalue weighted by Gasteiger charge is 2.12. The van der Waals surface area contributed by atoms with Gasteiger partial charge in [0.25, 0.3) is 0 Å². The van der Waals surface area contributed by atoms with Crippen molar-refractivity contribution >= 4 is 39.4 Å². The van der Waals surface area contributed by atoms with E-state index in [1.54, 1.807) is 6.20 Å². The molecule has 4 rings (SSSR count). The summed E-state index contributed by atoms with van der Waals surface area (Å²) in [6, 6.07) is 13.6. The number of anilines is 1. The number of hydrogen-bond donors (Lipinski definition) is 1. The van der Waals surface area contributed by atoms with Crippen molar-refractivity contribution in [1.29, 1.82) is 0 Å². The molecule has 0 aliphatic rings. The molecule has 2 aromatic carbocycles. The summed E-state index contributed by atoms with van der Waals surface area (Å²) >= 11 is 6.02. The normalized spacial score (nSPS) is 11.3. The van der Waals surface area contributed by atoms with Gasteiger partial charge in [0.1, 0.15) is 0 Å². The van der Waals surface area contributed by atoms with Gasteiger partial charge >= 0.3 is 0 Å². The van der Waals surface area contributed by atoms with Crippen molar-refractivity contribution in [1.82, 2.24) is 14.5 Å². The summed E-state index contributed by atoms with van der Waals surface area (Å²) in [5.41, 5.74) is 8.78. The lowest BCUT2D eigenvalue weighted by Gasteiger charge is -2.10. The first kappa shape index (κ1) is 12.2. The molecule has 0 radical (unpaired) electrons. The highest BCUT2D eigenvalue weighted by atomic mass is 35.5. The van der Waals surface area contributed by atoms with E-state index in [1.807, 2.05) is 53.2 Å². The van der Waals surface area contributed by atoms with E-state index in [0.717, 1.165) is 27.5 Å². The van der Waals surface area contributed by atoms with E-state index in [2.05, 4.69) is 9.97 Å². The van der Waals surface area contributed by atoms with Gasteiger partial charge in [0.2, 0.25) is 5.95 Å². The molecule has 0 atom stereocenters. The number of nitrogens with zero attached hydrogens (tertiary/aromatic N) is 3. The number of benzene rings is 2. The minimum absolute atomic E-state index is 0.434. The second kappa shape index (κ2) is 4.46. The third-order valence-electron chi connectivity index (χ3n) is 3.54. The zero-order chi connectivity index (χ0) is 14.4. The molecule has 0 fully saturated rings. The number of nitrogen functional groups attached to an aromatic ring is 1. The first-order valence-corrected chi connectivity index (χ1v) is 6.88. The van der Waals surface area contributed by atoms with Crippen LogP contribution in [0.5, 0.6) is 0 Å². The Balaban J connectivity index is 2.11. The molecule has 0 amide bonds. The second-order valence-corrected chi connectivity index (χ2v) is 5.25. The van der Waals surface area contributed by atoms with Gasteiger partial charge in [-0.25, -0.2) is 4.98 Å². The van der Waals surface area contributed by atoms with E-state index >= 15 is 0 Å². The largest absolute Gasteiger partial charge is 0.369 e. The van der Waals surface area contributed by atoms with Gasteiger partial charge in [0.05, 0.1) is 16.7 Å². The molecule has 0 saturated carbocycles. The predicted molar refractivity (Wildman–Crippen MR) is 85.8 cm³/mol.